The molecule has 0 saturated carbocycles. The van der Waals surface area contributed by atoms with Gasteiger partial charge >= 0.3 is 0 Å². The van der Waals surface area contributed by atoms with Crippen LogP contribution >= 0.6 is 0 Å². The lowest BCUT2D eigenvalue weighted by Crippen LogP contribution is -2.62. The number of nitrogen functional groups attached to an aromatic ring is 1. The molecule has 0 atom stereocenters. The van der Waals surface area contributed by atoms with Crippen LogP contribution in [-0.4, -0.2) is 50.7 Å². The zero-order valence-corrected chi connectivity index (χ0v) is 18.4. The molecule has 0 aliphatic carbocycles. The van der Waals surface area contributed by atoms with E-state index in [1.807, 2.05) is 11.9 Å². The minimum absolute atomic E-state index is 0.00416. The van der Waals surface area contributed by atoms with E-state index in [0.717, 1.165) is 18.2 Å². The quantitative estimate of drug-likeness (QED) is 0.390. The molecule has 0 amide bonds. The summed E-state index contributed by atoms with van der Waals surface area (Å²) < 4.78 is 0. The SMILES string of the molecule is CN(C(=N)/C=C\C(=N)c1cc2c(N)nccc2cc1O)C1CC(C)(C)NC(C)(C)C1. The van der Waals surface area contributed by atoms with Crippen molar-refractivity contribution in [1.29, 1.82) is 10.8 Å². The maximum absolute atomic E-state index is 10.4. The first-order valence-electron chi connectivity index (χ1n) is 10.1. The Morgan fingerprint density at radius 3 is 2.47 bits per heavy atom. The van der Waals surface area contributed by atoms with Gasteiger partial charge in [0.05, 0.1) is 5.71 Å². The van der Waals surface area contributed by atoms with Gasteiger partial charge in [0, 0.05) is 41.3 Å². The van der Waals surface area contributed by atoms with E-state index in [4.69, 9.17) is 16.6 Å². The van der Waals surface area contributed by atoms with Crippen molar-refractivity contribution in [2.45, 2.75) is 57.7 Å². The van der Waals surface area contributed by atoms with Gasteiger partial charge in [0.2, 0.25) is 0 Å². The summed E-state index contributed by atoms with van der Waals surface area (Å²) in [7, 11) is 1.93. The van der Waals surface area contributed by atoms with Crippen LogP contribution in [0.5, 0.6) is 5.75 Å². The highest BCUT2D eigenvalue weighted by Gasteiger charge is 2.39. The van der Waals surface area contributed by atoms with Crippen LogP contribution in [0.1, 0.15) is 46.1 Å². The zero-order valence-electron chi connectivity index (χ0n) is 18.4. The van der Waals surface area contributed by atoms with E-state index < -0.39 is 0 Å². The van der Waals surface area contributed by atoms with E-state index in [0.29, 0.717) is 22.6 Å². The van der Waals surface area contributed by atoms with Crippen LogP contribution in [0.25, 0.3) is 10.8 Å². The molecule has 0 unspecified atom stereocenters. The Morgan fingerprint density at radius 1 is 1.20 bits per heavy atom. The van der Waals surface area contributed by atoms with Crippen molar-refractivity contribution in [3.05, 3.63) is 42.1 Å². The Labute approximate surface area is 178 Å². The highest BCUT2D eigenvalue weighted by molar-refractivity contribution is 6.13. The molecule has 1 aromatic heterocycles. The number of rotatable bonds is 4. The standard InChI is InChI=1S/C23H32N6O/c1-22(2)12-15(13-23(3,4)28-22)29(5)20(25)7-6-18(24)17-11-16-14(10-19(17)30)8-9-27-21(16)26/h6-11,15,24-25,28,30H,12-13H2,1-5H3,(H2,26,27)/b7-6-,24-18?,25-20?. The number of pyridine rings is 1. The van der Waals surface area contributed by atoms with Crippen LogP contribution in [0.2, 0.25) is 0 Å². The Morgan fingerprint density at radius 2 is 1.83 bits per heavy atom. The third-order valence-corrected chi connectivity index (χ3v) is 5.71. The number of hydrogen-bond donors (Lipinski definition) is 5. The number of nitrogens with zero attached hydrogens (tertiary/aromatic N) is 2. The average molecular weight is 409 g/mol. The topological polar surface area (TPSA) is 122 Å². The first-order valence-corrected chi connectivity index (χ1v) is 10.1. The van der Waals surface area contributed by atoms with Gasteiger partial charge in [0.15, 0.2) is 0 Å². The summed E-state index contributed by atoms with van der Waals surface area (Å²) >= 11 is 0. The fourth-order valence-electron chi connectivity index (χ4n) is 4.56. The summed E-state index contributed by atoms with van der Waals surface area (Å²) in [5.41, 5.74) is 6.39. The van der Waals surface area contributed by atoms with E-state index >= 15 is 0 Å². The number of benzene rings is 1. The average Bonchev–Trinajstić information content (AvgIpc) is 2.62. The number of nitrogens with two attached hydrogens (primary N) is 1. The largest absolute Gasteiger partial charge is 0.507 e. The van der Waals surface area contributed by atoms with Gasteiger partial charge < -0.3 is 26.5 Å². The summed E-state index contributed by atoms with van der Waals surface area (Å²) in [4.78, 5) is 6.04. The van der Waals surface area contributed by atoms with Crippen LogP contribution < -0.4 is 11.1 Å². The molecule has 7 nitrogen and oxygen atoms in total. The van der Waals surface area contributed by atoms with E-state index in [1.54, 1.807) is 36.5 Å². The van der Waals surface area contributed by atoms with Gasteiger partial charge in [-0.2, -0.15) is 0 Å². The molecule has 6 N–H and O–H groups in total. The van der Waals surface area contributed by atoms with Crippen molar-refractivity contribution in [3.63, 3.8) is 0 Å². The Kier molecular flexibility index (Phi) is 5.60. The number of nitrogens with one attached hydrogen (secondary N) is 3. The fourth-order valence-corrected chi connectivity index (χ4v) is 4.56. The number of likely N-dealkylation sites (N-methyl/N-ethyl adjacent to an activating group) is 1. The first-order chi connectivity index (χ1) is 13.9. The normalized spacial score (nSPS) is 18.6. The molecule has 7 heteroatoms. The van der Waals surface area contributed by atoms with Crippen LogP contribution in [0, 0.1) is 10.8 Å². The van der Waals surface area contributed by atoms with E-state index in [-0.39, 0.29) is 28.6 Å². The number of piperidine rings is 1. The minimum atomic E-state index is -0.0117. The Bertz CT molecular complexity index is 1010. The molecule has 1 aliphatic heterocycles. The number of fused-ring (bicyclic) bond motifs is 1. The summed E-state index contributed by atoms with van der Waals surface area (Å²) in [5, 5.41) is 32.4. The van der Waals surface area contributed by atoms with Crippen molar-refractivity contribution in [1.82, 2.24) is 15.2 Å². The smallest absolute Gasteiger partial charge is 0.131 e. The second-order valence-electron chi connectivity index (χ2n) is 9.48. The van der Waals surface area contributed by atoms with Crippen molar-refractivity contribution in [3.8, 4) is 5.75 Å². The number of amidine groups is 1. The fraction of sp³-hybridized carbons (Fsp3) is 0.435. The summed E-state index contributed by atoms with van der Waals surface area (Å²) in [6, 6.07) is 5.25. The molecule has 0 bridgehead atoms. The van der Waals surface area contributed by atoms with Gasteiger partial charge in [-0.1, -0.05) is 0 Å². The van der Waals surface area contributed by atoms with Crippen molar-refractivity contribution < 1.29 is 5.11 Å². The molecule has 2 heterocycles. The summed E-state index contributed by atoms with van der Waals surface area (Å²) in [6.07, 6.45) is 6.60. The number of allylic oxidation sites excluding steroid dienone is 1. The molecular formula is C23H32N6O. The molecule has 1 aliphatic rings. The van der Waals surface area contributed by atoms with Crippen molar-refractivity contribution in [2.24, 2.45) is 0 Å². The molecule has 1 aromatic carbocycles. The number of phenolic OH excluding ortho intramolecular Hbond substituents is 1. The predicted molar refractivity (Wildman–Crippen MR) is 124 cm³/mol. The second-order valence-corrected chi connectivity index (χ2v) is 9.48. The van der Waals surface area contributed by atoms with Crippen LogP contribution in [0.15, 0.2) is 36.5 Å². The van der Waals surface area contributed by atoms with Crippen molar-refractivity contribution in [2.75, 3.05) is 12.8 Å². The van der Waals surface area contributed by atoms with E-state index in [2.05, 4.69) is 38.0 Å². The van der Waals surface area contributed by atoms with Gasteiger partial charge in [0.1, 0.15) is 17.4 Å². The molecule has 1 saturated heterocycles. The maximum Gasteiger partial charge on any atom is 0.131 e. The van der Waals surface area contributed by atoms with Gasteiger partial charge in [-0.3, -0.25) is 5.41 Å². The number of anilines is 1. The predicted octanol–water partition coefficient (Wildman–Crippen LogP) is 3.66. The molecule has 2 aromatic rings. The molecule has 160 valence electrons. The van der Waals surface area contributed by atoms with Gasteiger partial charge in [-0.25, -0.2) is 4.98 Å². The third-order valence-electron chi connectivity index (χ3n) is 5.71. The number of phenols is 1. The summed E-state index contributed by atoms with van der Waals surface area (Å²) in [5.74, 6) is 0.693. The molecule has 30 heavy (non-hydrogen) atoms. The first kappa shape index (κ1) is 21.8. The second kappa shape index (κ2) is 7.72. The molecule has 3 rings (SSSR count). The number of aromatic nitrogens is 1. The molecule has 0 spiro atoms. The van der Waals surface area contributed by atoms with Crippen LogP contribution in [0.4, 0.5) is 5.82 Å². The van der Waals surface area contributed by atoms with Crippen LogP contribution in [-0.2, 0) is 0 Å². The number of hydrogen-bond acceptors (Lipinski definition) is 6. The zero-order chi connectivity index (χ0) is 22.3. The van der Waals surface area contributed by atoms with Crippen LogP contribution in [0.3, 0.4) is 0 Å². The van der Waals surface area contributed by atoms with Crippen molar-refractivity contribution >= 4 is 28.1 Å². The molecule has 0 radical (unpaired) electrons. The van der Waals surface area contributed by atoms with Gasteiger partial charge in [-0.15, -0.1) is 0 Å². The Hall–Kier alpha value is -2.93. The van der Waals surface area contributed by atoms with E-state index in [1.165, 1.54) is 0 Å². The lowest BCUT2D eigenvalue weighted by atomic mass is 9.79. The lowest BCUT2D eigenvalue weighted by molar-refractivity contribution is 0.114. The lowest BCUT2D eigenvalue weighted by Gasteiger charge is -2.49. The van der Waals surface area contributed by atoms with Gasteiger partial charge in [0.25, 0.3) is 0 Å². The summed E-state index contributed by atoms with van der Waals surface area (Å²) in [6.45, 7) is 8.75. The highest BCUT2D eigenvalue weighted by atomic mass is 16.3. The van der Waals surface area contributed by atoms with Gasteiger partial charge in [-0.05, 0) is 76.3 Å². The molecular weight excluding hydrogens is 376 g/mol. The number of aromatic hydroxyl groups is 1. The monoisotopic (exact) mass is 408 g/mol. The minimum Gasteiger partial charge on any atom is -0.507 e. The van der Waals surface area contributed by atoms with E-state index in [9.17, 15) is 5.11 Å². The molecule has 1 fully saturated rings. The third kappa shape index (κ3) is 4.62. The maximum atomic E-state index is 10.4. The Balaban J connectivity index is 1.77. The highest BCUT2D eigenvalue weighted by Crippen LogP contribution is 2.31.